The van der Waals surface area contributed by atoms with Gasteiger partial charge in [-0.3, -0.25) is 0 Å². The largest absolute Gasteiger partial charge is 0.317 e. The van der Waals surface area contributed by atoms with Crippen molar-refractivity contribution in [2.45, 2.75) is 33.1 Å². The van der Waals surface area contributed by atoms with Gasteiger partial charge in [0, 0.05) is 4.88 Å². The van der Waals surface area contributed by atoms with Crippen LogP contribution in [0.25, 0.3) is 0 Å². The van der Waals surface area contributed by atoms with Crippen LogP contribution in [-0.4, -0.2) is 13.1 Å². The van der Waals surface area contributed by atoms with Gasteiger partial charge in [0.2, 0.25) is 0 Å². The highest BCUT2D eigenvalue weighted by molar-refractivity contribution is 7.10. The van der Waals surface area contributed by atoms with Gasteiger partial charge in [0.25, 0.3) is 0 Å². The van der Waals surface area contributed by atoms with E-state index in [9.17, 15) is 0 Å². The number of thiophene rings is 1. The third-order valence-electron chi connectivity index (χ3n) is 2.15. The second kappa shape index (κ2) is 6.17. The zero-order valence-corrected chi connectivity index (χ0v) is 9.41. The van der Waals surface area contributed by atoms with Crippen molar-refractivity contribution in [3.8, 4) is 0 Å². The van der Waals surface area contributed by atoms with Crippen LogP contribution in [0.3, 0.4) is 0 Å². The molecule has 1 heterocycles. The molecule has 2 heteroatoms. The van der Waals surface area contributed by atoms with Crippen LogP contribution in [0.5, 0.6) is 0 Å². The monoisotopic (exact) mass is 197 g/mol. The lowest BCUT2D eigenvalue weighted by atomic mass is 10.2. The maximum atomic E-state index is 3.42. The lowest BCUT2D eigenvalue weighted by Gasteiger charge is -2.02. The van der Waals surface area contributed by atoms with Gasteiger partial charge >= 0.3 is 0 Å². The molecule has 74 valence electrons. The molecule has 0 atom stereocenters. The summed E-state index contributed by atoms with van der Waals surface area (Å²) in [7, 11) is 0. The highest BCUT2D eigenvalue weighted by atomic mass is 32.1. The first-order valence-corrected chi connectivity index (χ1v) is 5.96. The van der Waals surface area contributed by atoms with Gasteiger partial charge in [-0.25, -0.2) is 0 Å². The molecule has 0 bridgehead atoms. The van der Waals surface area contributed by atoms with E-state index in [1.165, 1.54) is 24.8 Å². The van der Waals surface area contributed by atoms with Crippen molar-refractivity contribution >= 4 is 11.3 Å². The van der Waals surface area contributed by atoms with E-state index in [4.69, 9.17) is 0 Å². The van der Waals surface area contributed by atoms with E-state index in [1.54, 1.807) is 4.88 Å². The number of nitrogens with one attached hydrogen (secondary N) is 1. The molecule has 0 aliphatic heterocycles. The summed E-state index contributed by atoms with van der Waals surface area (Å²) in [6.07, 6.45) is 3.74. The zero-order chi connectivity index (χ0) is 9.52. The molecule has 0 aliphatic carbocycles. The summed E-state index contributed by atoms with van der Waals surface area (Å²) < 4.78 is 0. The van der Waals surface area contributed by atoms with Gasteiger partial charge in [0.1, 0.15) is 0 Å². The quantitative estimate of drug-likeness (QED) is 0.691. The van der Waals surface area contributed by atoms with Crippen molar-refractivity contribution in [1.29, 1.82) is 0 Å². The van der Waals surface area contributed by atoms with Crippen molar-refractivity contribution in [3.05, 3.63) is 21.9 Å². The van der Waals surface area contributed by atoms with Gasteiger partial charge in [-0.1, -0.05) is 6.92 Å². The van der Waals surface area contributed by atoms with Crippen molar-refractivity contribution in [1.82, 2.24) is 5.32 Å². The molecule has 1 aromatic heterocycles. The summed E-state index contributed by atoms with van der Waals surface area (Å²) in [5, 5.41) is 5.61. The Bertz CT molecular complexity index is 230. The van der Waals surface area contributed by atoms with Crippen molar-refractivity contribution < 1.29 is 0 Å². The van der Waals surface area contributed by atoms with E-state index in [1.807, 2.05) is 11.3 Å². The van der Waals surface area contributed by atoms with Crippen LogP contribution >= 0.6 is 11.3 Å². The van der Waals surface area contributed by atoms with Crippen molar-refractivity contribution in [3.63, 3.8) is 0 Å². The molecule has 0 amide bonds. The lowest BCUT2D eigenvalue weighted by molar-refractivity contribution is 0.641. The number of hydrogen-bond acceptors (Lipinski definition) is 2. The molecule has 1 nitrogen and oxygen atoms in total. The lowest BCUT2D eigenvalue weighted by Crippen LogP contribution is -2.16. The summed E-state index contributed by atoms with van der Waals surface area (Å²) >= 11 is 1.89. The predicted octanol–water partition coefficient (Wildman–Crippen LogP) is 2.99. The molecule has 1 rings (SSSR count). The van der Waals surface area contributed by atoms with Crippen molar-refractivity contribution in [2.24, 2.45) is 0 Å². The second-order valence-electron chi connectivity index (χ2n) is 3.38. The topological polar surface area (TPSA) is 12.0 Å². The molecule has 13 heavy (non-hydrogen) atoms. The highest BCUT2D eigenvalue weighted by Crippen LogP contribution is 2.16. The molecule has 0 aliphatic rings. The van der Waals surface area contributed by atoms with E-state index in [0.29, 0.717) is 0 Å². The average molecular weight is 197 g/mol. The van der Waals surface area contributed by atoms with Gasteiger partial charge in [-0.2, -0.15) is 0 Å². The first-order valence-electron chi connectivity index (χ1n) is 5.08. The Morgan fingerprint density at radius 2 is 2.23 bits per heavy atom. The SMILES string of the molecule is CCCNCCCc1sccc1C. The third kappa shape index (κ3) is 3.92. The molecule has 0 saturated carbocycles. The van der Waals surface area contributed by atoms with Gasteiger partial charge < -0.3 is 5.32 Å². The van der Waals surface area contributed by atoms with Crippen LogP contribution in [0.1, 0.15) is 30.2 Å². The standard InChI is InChI=1S/C11H19NS/c1-3-7-12-8-4-5-11-10(2)6-9-13-11/h6,9,12H,3-5,7-8H2,1-2H3. The van der Waals surface area contributed by atoms with E-state index in [-0.39, 0.29) is 0 Å². The van der Waals surface area contributed by atoms with Gasteiger partial charge in [-0.05, 0) is 56.3 Å². The predicted molar refractivity (Wildman–Crippen MR) is 60.5 cm³/mol. The molecule has 0 aromatic carbocycles. The fourth-order valence-electron chi connectivity index (χ4n) is 1.34. The summed E-state index contributed by atoms with van der Waals surface area (Å²) in [6.45, 7) is 6.72. The van der Waals surface area contributed by atoms with Crippen LogP contribution in [0.2, 0.25) is 0 Å². The summed E-state index contributed by atoms with van der Waals surface area (Å²) in [4.78, 5) is 1.55. The van der Waals surface area contributed by atoms with Crippen LogP contribution < -0.4 is 5.32 Å². The van der Waals surface area contributed by atoms with Gasteiger partial charge in [0.05, 0.1) is 0 Å². The third-order valence-corrected chi connectivity index (χ3v) is 3.24. The highest BCUT2D eigenvalue weighted by Gasteiger charge is 1.98. The Balaban J connectivity index is 2.10. The Hall–Kier alpha value is -0.340. The minimum Gasteiger partial charge on any atom is -0.317 e. The molecule has 0 saturated heterocycles. The minimum absolute atomic E-state index is 1.16. The molecule has 0 fully saturated rings. The van der Waals surface area contributed by atoms with E-state index < -0.39 is 0 Å². The Labute approximate surface area is 85.2 Å². The zero-order valence-electron chi connectivity index (χ0n) is 8.60. The van der Waals surface area contributed by atoms with E-state index >= 15 is 0 Å². The smallest absolute Gasteiger partial charge is 0.00748 e. The molecular weight excluding hydrogens is 178 g/mol. The number of hydrogen-bond donors (Lipinski definition) is 1. The second-order valence-corrected chi connectivity index (χ2v) is 4.38. The van der Waals surface area contributed by atoms with Gasteiger partial charge in [-0.15, -0.1) is 11.3 Å². The maximum absolute atomic E-state index is 3.42. The summed E-state index contributed by atoms with van der Waals surface area (Å²) in [5.41, 5.74) is 1.46. The molecular formula is C11H19NS. The Morgan fingerprint density at radius 1 is 1.38 bits per heavy atom. The Kier molecular flexibility index (Phi) is 5.09. The first-order chi connectivity index (χ1) is 6.34. The number of rotatable bonds is 6. The van der Waals surface area contributed by atoms with Crippen LogP contribution in [0, 0.1) is 6.92 Å². The van der Waals surface area contributed by atoms with Crippen LogP contribution in [0.15, 0.2) is 11.4 Å². The number of aryl methyl sites for hydroxylation is 2. The van der Waals surface area contributed by atoms with Gasteiger partial charge in [0.15, 0.2) is 0 Å². The Morgan fingerprint density at radius 3 is 2.85 bits per heavy atom. The van der Waals surface area contributed by atoms with E-state index in [0.717, 1.165) is 13.1 Å². The normalized spacial score (nSPS) is 10.6. The first kappa shape index (κ1) is 10.7. The van der Waals surface area contributed by atoms with Crippen LogP contribution in [0.4, 0.5) is 0 Å². The molecule has 0 unspecified atom stereocenters. The molecule has 1 N–H and O–H groups in total. The summed E-state index contributed by atoms with van der Waals surface area (Å²) in [6, 6.07) is 2.21. The minimum atomic E-state index is 1.16. The summed E-state index contributed by atoms with van der Waals surface area (Å²) in [5.74, 6) is 0. The molecule has 1 aromatic rings. The maximum Gasteiger partial charge on any atom is 0.00748 e. The molecule has 0 spiro atoms. The molecule has 0 radical (unpaired) electrons. The average Bonchev–Trinajstić information content (AvgIpc) is 2.52. The van der Waals surface area contributed by atoms with E-state index in [2.05, 4.69) is 30.6 Å². The fraction of sp³-hybridized carbons (Fsp3) is 0.636. The van der Waals surface area contributed by atoms with Crippen LogP contribution in [-0.2, 0) is 6.42 Å². The fourth-order valence-corrected chi connectivity index (χ4v) is 2.29. The van der Waals surface area contributed by atoms with Crippen molar-refractivity contribution in [2.75, 3.05) is 13.1 Å².